The van der Waals surface area contributed by atoms with E-state index in [1.54, 1.807) is 12.1 Å². The van der Waals surface area contributed by atoms with Gasteiger partial charge in [-0.15, -0.1) is 0 Å². The van der Waals surface area contributed by atoms with E-state index in [9.17, 15) is 4.39 Å². The molecule has 0 unspecified atom stereocenters. The second kappa shape index (κ2) is 6.33. The molecule has 0 spiro atoms. The zero-order chi connectivity index (χ0) is 13.7. The van der Waals surface area contributed by atoms with Crippen molar-refractivity contribution in [2.24, 2.45) is 0 Å². The van der Waals surface area contributed by atoms with Crippen molar-refractivity contribution in [1.82, 2.24) is 10.3 Å². The summed E-state index contributed by atoms with van der Waals surface area (Å²) in [6.45, 7) is 3.64. The van der Waals surface area contributed by atoms with E-state index in [0.29, 0.717) is 12.3 Å². The molecule has 2 rings (SSSR count). The predicted octanol–water partition coefficient (Wildman–Crippen LogP) is 2.99. The van der Waals surface area contributed by atoms with E-state index >= 15 is 0 Å². The van der Waals surface area contributed by atoms with Crippen LogP contribution < -0.4 is 10.1 Å². The molecule has 2 aromatic rings. The van der Waals surface area contributed by atoms with Crippen molar-refractivity contribution in [2.75, 3.05) is 13.7 Å². The van der Waals surface area contributed by atoms with E-state index < -0.39 is 5.82 Å². The molecule has 0 aliphatic rings. The number of benzene rings is 1. The van der Waals surface area contributed by atoms with E-state index in [-0.39, 0.29) is 5.75 Å². The monoisotopic (exact) mass is 264 g/mol. The number of ether oxygens (including phenoxy) is 1. The van der Waals surface area contributed by atoms with E-state index in [0.717, 1.165) is 24.2 Å². The van der Waals surface area contributed by atoms with Gasteiger partial charge in [0, 0.05) is 12.1 Å². The van der Waals surface area contributed by atoms with Gasteiger partial charge >= 0.3 is 0 Å². The molecule has 0 bridgehead atoms. The van der Waals surface area contributed by atoms with Gasteiger partial charge in [-0.1, -0.05) is 6.92 Å². The van der Waals surface area contributed by atoms with Crippen LogP contribution in [0.5, 0.6) is 5.75 Å². The van der Waals surface area contributed by atoms with Crippen LogP contribution in [0.25, 0.3) is 11.3 Å². The zero-order valence-electron chi connectivity index (χ0n) is 11.1. The Hall–Kier alpha value is -1.88. The van der Waals surface area contributed by atoms with Crippen LogP contribution in [0.2, 0.25) is 0 Å². The molecular formula is C14H17FN2O2. The minimum Gasteiger partial charge on any atom is -0.494 e. The molecule has 102 valence electrons. The van der Waals surface area contributed by atoms with Crippen LogP contribution >= 0.6 is 0 Å². The summed E-state index contributed by atoms with van der Waals surface area (Å²) in [5.74, 6) is 0.444. The van der Waals surface area contributed by atoms with Crippen molar-refractivity contribution < 1.29 is 13.5 Å². The highest BCUT2D eigenvalue weighted by atomic mass is 19.1. The first kappa shape index (κ1) is 13.5. The van der Waals surface area contributed by atoms with Gasteiger partial charge in [0.25, 0.3) is 0 Å². The zero-order valence-corrected chi connectivity index (χ0v) is 11.1. The van der Waals surface area contributed by atoms with Crippen LogP contribution in [0.4, 0.5) is 4.39 Å². The molecule has 0 saturated heterocycles. The summed E-state index contributed by atoms with van der Waals surface area (Å²) in [5.41, 5.74) is 1.56. The third kappa shape index (κ3) is 3.12. The number of methoxy groups -OCH3 is 1. The third-order valence-electron chi connectivity index (χ3n) is 2.77. The van der Waals surface area contributed by atoms with E-state index in [1.807, 2.05) is 0 Å². The lowest BCUT2D eigenvalue weighted by Gasteiger charge is -2.06. The summed E-state index contributed by atoms with van der Waals surface area (Å²) in [6, 6.07) is 4.63. The standard InChI is InChI=1S/C14H17FN2O2/c1-3-6-16-8-12-14(19-9-17-12)10-4-5-11(15)13(7-10)18-2/h4-5,7,9,16H,3,6,8H2,1-2H3. The van der Waals surface area contributed by atoms with Crippen LogP contribution in [-0.4, -0.2) is 18.6 Å². The maximum atomic E-state index is 13.4. The number of oxazole rings is 1. The summed E-state index contributed by atoms with van der Waals surface area (Å²) in [4.78, 5) is 4.18. The lowest BCUT2D eigenvalue weighted by Crippen LogP contribution is -2.14. The largest absolute Gasteiger partial charge is 0.494 e. The average molecular weight is 264 g/mol. The van der Waals surface area contributed by atoms with Crippen LogP contribution in [0, 0.1) is 5.82 Å². The fourth-order valence-corrected chi connectivity index (χ4v) is 1.81. The van der Waals surface area contributed by atoms with Gasteiger partial charge in [-0.3, -0.25) is 0 Å². The Morgan fingerprint density at radius 2 is 2.26 bits per heavy atom. The molecule has 1 aromatic carbocycles. The molecule has 0 radical (unpaired) electrons. The van der Waals surface area contributed by atoms with Crippen LogP contribution in [0.3, 0.4) is 0 Å². The van der Waals surface area contributed by atoms with Crippen LogP contribution in [0.15, 0.2) is 29.0 Å². The second-order valence-corrected chi connectivity index (χ2v) is 4.15. The SMILES string of the molecule is CCCNCc1ncoc1-c1ccc(F)c(OC)c1. The summed E-state index contributed by atoms with van der Waals surface area (Å²) >= 11 is 0. The Morgan fingerprint density at radius 3 is 3.00 bits per heavy atom. The third-order valence-corrected chi connectivity index (χ3v) is 2.77. The highest BCUT2D eigenvalue weighted by Gasteiger charge is 2.13. The molecule has 1 aromatic heterocycles. The van der Waals surface area contributed by atoms with Crippen molar-refractivity contribution in [3.63, 3.8) is 0 Å². The maximum absolute atomic E-state index is 13.4. The second-order valence-electron chi connectivity index (χ2n) is 4.15. The Balaban J connectivity index is 2.24. The number of aromatic nitrogens is 1. The Bertz CT molecular complexity index is 540. The Kier molecular flexibility index (Phi) is 4.52. The van der Waals surface area contributed by atoms with Crippen LogP contribution in [-0.2, 0) is 6.54 Å². The van der Waals surface area contributed by atoms with E-state index in [4.69, 9.17) is 9.15 Å². The van der Waals surface area contributed by atoms with Gasteiger partial charge in [-0.25, -0.2) is 9.37 Å². The lowest BCUT2D eigenvalue weighted by molar-refractivity contribution is 0.386. The molecular weight excluding hydrogens is 247 g/mol. The van der Waals surface area contributed by atoms with E-state index in [1.165, 1.54) is 19.6 Å². The lowest BCUT2D eigenvalue weighted by atomic mass is 10.1. The summed E-state index contributed by atoms with van der Waals surface area (Å²) in [6.07, 6.45) is 2.45. The molecule has 0 atom stereocenters. The number of halogens is 1. The van der Waals surface area contributed by atoms with Crippen molar-refractivity contribution in [1.29, 1.82) is 0 Å². The summed E-state index contributed by atoms with van der Waals surface area (Å²) < 4.78 is 23.7. The Morgan fingerprint density at radius 1 is 1.42 bits per heavy atom. The molecule has 19 heavy (non-hydrogen) atoms. The minimum atomic E-state index is -0.392. The Labute approximate surface area is 111 Å². The number of rotatable bonds is 6. The number of hydrogen-bond donors (Lipinski definition) is 1. The fraction of sp³-hybridized carbons (Fsp3) is 0.357. The van der Waals surface area contributed by atoms with Gasteiger partial charge in [-0.2, -0.15) is 0 Å². The van der Waals surface area contributed by atoms with Crippen molar-refractivity contribution in [2.45, 2.75) is 19.9 Å². The van der Waals surface area contributed by atoms with Crippen molar-refractivity contribution >= 4 is 0 Å². The molecule has 5 heteroatoms. The van der Waals surface area contributed by atoms with Crippen molar-refractivity contribution in [3.05, 3.63) is 36.1 Å². The van der Waals surface area contributed by atoms with Gasteiger partial charge in [0.15, 0.2) is 23.7 Å². The average Bonchev–Trinajstić information content (AvgIpc) is 2.88. The van der Waals surface area contributed by atoms with Gasteiger partial charge in [0.05, 0.1) is 7.11 Å². The molecule has 0 saturated carbocycles. The van der Waals surface area contributed by atoms with Gasteiger partial charge in [0.1, 0.15) is 5.69 Å². The maximum Gasteiger partial charge on any atom is 0.181 e. The number of hydrogen-bond acceptors (Lipinski definition) is 4. The first-order valence-electron chi connectivity index (χ1n) is 6.23. The highest BCUT2D eigenvalue weighted by Crippen LogP contribution is 2.28. The first-order valence-corrected chi connectivity index (χ1v) is 6.23. The molecule has 4 nitrogen and oxygen atoms in total. The normalized spacial score (nSPS) is 10.7. The fourth-order valence-electron chi connectivity index (χ4n) is 1.81. The van der Waals surface area contributed by atoms with Gasteiger partial charge < -0.3 is 14.5 Å². The molecule has 0 fully saturated rings. The predicted molar refractivity (Wildman–Crippen MR) is 70.4 cm³/mol. The number of nitrogens with one attached hydrogen (secondary N) is 1. The van der Waals surface area contributed by atoms with Gasteiger partial charge in [0.2, 0.25) is 0 Å². The van der Waals surface area contributed by atoms with Gasteiger partial charge in [-0.05, 0) is 31.2 Å². The molecule has 0 amide bonds. The van der Waals surface area contributed by atoms with E-state index in [2.05, 4.69) is 17.2 Å². The topological polar surface area (TPSA) is 47.3 Å². The highest BCUT2D eigenvalue weighted by molar-refractivity contribution is 5.61. The molecule has 0 aliphatic heterocycles. The summed E-state index contributed by atoms with van der Waals surface area (Å²) in [5, 5.41) is 3.26. The van der Waals surface area contributed by atoms with Crippen LogP contribution in [0.1, 0.15) is 19.0 Å². The number of nitrogens with zero attached hydrogens (tertiary/aromatic N) is 1. The van der Waals surface area contributed by atoms with Crippen molar-refractivity contribution in [3.8, 4) is 17.1 Å². The molecule has 1 heterocycles. The molecule has 0 aliphatic carbocycles. The smallest absolute Gasteiger partial charge is 0.181 e. The molecule has 1 N–H and O–H groups in total. The first-order chi connectivity index (χ1) is 9.26. The summed E-state index contributed by atoms with van der Waals surface area (Å²) in [7, 11) is 1.44. The quantitative estimate of drug-likeness (QED) is 0.815. The minimum absolute atomic E-state index is 0.196.